The van der Waals surface area contributed by atoms with E-state index in [0.29, 0.717) is 37.1 Å². The number of likely N-dealkylation sites (tertiary alicyclic amines) is 1. The van der Waals surface area contributed by atoms with E-state index in [1.54, 1.807) is 7.05 Å². The van der Waals surface area contributed by atoms with Gasteiger partial charge in [0.05, 0.1) is 13.2 Å². The predicted molar refractivity (Wildman–Crippen MR) is 141 cm³/mol. The fraction of sp³-hybridized carbons (Fsp3) is 0.417. The van der Waals surface area contributed by atoms with Crippen molar-refractivity contribution in [3.05, 3.63) is 70.7 Å². The molecule has 0 spiro atoms. The molecule has 2 N–H and O–H groups in total. The Morgan fingerprint density at radius 2 is 1.94 bits per heavy atom. The lowest BCUT2D eigenvalue weighted by Crippen LogP contribution is -2.41. The van der Waals surface area contributed by atoms with Crippen LogP contribution >= 0.6 is 35.6 Å². The Kier molecular flexibility index (Phi) is 11.8. The van der Waals surface area contributed by atoms with Crippen molar-refractivity contribution in [2.45, 2.75) is 19.4 Å². The second-order valence-electron chi connectivity index (χ2n) is 7.71. The maximum Gasteiger partial charge on any atom is 0.223 e. The van der Waals surface area contributed by atoms with Crippen molar-refractivity contribution >= 4 is 47.4 Å². The summed E-state index contributed by atoms with van der Waals surface area (Å²) in [6.07, 6.45) is 1.48. The number of nitrogens with one attached hydrogen (secondary N) is 2. The predicted octanol–water partition coefficient (Wildman–Crippen LogP) is 3.73. The van der Waals surface area contributed by atoms with Crippen molar-refractivity contribution in [2.24, 2.45) is 10.9 Å². The van der Waals surface area contributed by atoms with Gasteiger partial charge in [0.2, 0.25) is 5.91 Å². The molecule has 2 aromatic carbocycles. The topological polar surface area (TPSA) is 66.0 Å². The molecule has 1 heterocycles. The second-order valence-corrected chi connectivity index (χ2v) is 8.14. The first-order chi connectivity index (χ1) is 15.1. The third-order valence-electron chi connectivity index (χ3n) is 5.29. The summed E-state index contributed by atoms with van der Waals surface area (Å²) in [4.78, 5) is 18.6. The van der Waals surface area contributed by atoms with Crippen LogP contribution in [0.15, 0.2) is 59.6 Å². The van der Waals surface area contributed by atoms with Gasteiger partial charge in [-0.25, -0.2) is 0 Å². The number of ether oxygens (including phenoxy) is 1. The van der Waals surface area contributed by atoms with Gasteiger partial charge in [-0.05, 0) is 29.7 Å². The Morgan fingerprint density at radius 3 is 2.69 bits per heavy atom. The van der Waals surface area contributed by atoms with Crippen LogP contribution in [0, 0.1) is 5.92 Å². The van der Waals surface area contributed by atoms with E-state index in [1.807, 2.05) is 47.4 Å². The van der Waals surface area contributed by atoms with Crippen molar-refractivity contribution in [1.82, 2.24) is 15.5 Å². The number of guanidine groups is 1. The van der Waals surface area contributed by atoms with E-state index in [2.05, 4.69) is 27.8 Å². The van der Waals surface area contributed by atoms with E-state index in [0.717, 1.165) is 37.6 Å². The Hall–Kier alpha value is -1.84. The number of rotatable bonds is 10. The molecule has 0 radical (unpaired) electrons. The summed E-state index contributed by atoms with van der Waals surface area (Å²) in [5.74, 6) is 1.25. The minimum Gasteiger partial charge on any atom is -0.375 e. The maximum atomic E-state index is 12.3. The molecule has 0 bridgehead atoms. The molecule has 1 atom stereocenters. The van der Waals surface area contributed by atoms with Crippen LogP contribution in [0.5, 0.6) is 0 Å². The molecule has 0 saturated carbocycles. The SMILES string of the molecule is CN=C(NCCOCc1cccc(Cl)c1)NCC1CC(=O)N(CCc2ccccc2)C1.I. The maximum absolute atomic E-state index is 12.3. The van der Waals surface area contributed by atoms with Crippen LogP contribution in [0.1, 0.15) is 17.5 Å². The first-order valence-electron chi connectivity index (χ1n) is 10.7. The van der Waals surface area contributed by atoms with Crippen LogP contribution < -0.4 is 10.6 Å². The number of carbonyl (C=O) groups is 1. The summed E-state index contributed by atoms with van der Waals surface area (Å²) in [6, 6.07) is 18.0. The minimum atomic E-state index is 0. The third kappa shape index (κ3) is 8.96. The fourth-order valence-electron chi connectivity index (χ4n) is 3.64. The van der Waals surface area contributed by atoms with E-state index in [1.165, 1.54) is 5.56 Å². The van der Waals surface area contributed by atoms with Gasteiger partial charge in [0.1, 0.15) is 0 Å². The fourth-order valence-corrected chi connectivity index (χ4v) is 3.85. The van der Waals surface area contributed by atoms with Crippen LogP contribution in [0.3, 0.4) is 0 Å². The van der Waals surface area contributed by atoms with E-state index in [9.17, 15) is 4.79 Å². The molecule has 0 aromatic heterocycles. The highest BCUT2D eigenvalue weighted by molar-refractivity contribution is 14.0. The molecule has 6 nitrogen and oxygen atoms in total. The molecule has 1 unspecified atom stereocenters. The molecule has 8 heteroatoms. The van der Waals surface area contributed by atoms with Gasteiger partial charge < -0.3 is 20.3 Å². The highest BCUT2D eigenvalue weighted by Crippen LogP contribution is 2.17. The van der Waals surface area contributed by atoms with E-state index >= 15 is 0 Å². The number of halogens is 2. The van der Waals surface area contributed by atoms with E-state index in [4.69, 9.17) is 16.3 Å². The molecule has 1 amide bonds. The summed E-state index contributed by atoms with van der Waals surface area (Å²) in [6.45, 7) is 4.01. The van der Waals surface area contributed by atoms with Crippen LogP contribution in [0.4, 0.5) is 0 Å². The standard InChI is InChI=1S/C24H31ClN4O2.HI/c1-26-24(27-11-13-31-18-20-8-5-9-22(25)14-20)28-16-21-15-23(30)29(17-21)12-10-19-6-3-2-4-7-19;/h2-9,14,21H,10-13,15-18H2,1H3,(H2,26,27,28);1H. The normalized spacial score (nSPS) is 16.1. The molecule has 1 aliphatic rings. The summed E-state index contributed by atoms with van der Waals surface area (Å²) >= 11 is 5.98. The smallest absolute Gasteiger partial charge is 0.223 e. The zero-order valence-corrected chi connectivity index (χ0v) is 21.5. The summed E-state index contributed by atoms with van der Waals surface area (Å²) in [7, 11) is 1.74. The Bertz CT molecular complexity index is 866. The quantitative estimate of drug-likeness (QED) is 0.198. The highest BCUT2D eigenvalue weighted by atomic mass is 127. The molecule has 32 heavy (non-hydrogen) atoms. The molecule has 1 fully saturated rings. The first-order valence-corrected chi connectivity index (χ1v) is 11.1. The third-order valence-corrected chi connectivity index (χ3v) is 5.52. The van der Waals surface area contributed by atoms with Crippen molar-refractivity contribution < 1.29 is 9.53 Å². The molecule has 1 aliphatic heterocycles. The number of amides is 1. The monoisotopic (exact) mass is 570 g/mol. The summed E-state index contributed by atoms with van der Waals surface area (Å²) in [5.41, 5.74) is 2.32. The average molecular weight is 571 g/mol. The van der Waals surface area contributed by atoms with Crippen molar-refractivity contribution in [2.75, 3.05) is 39.8 Å². The van der Waals surface area contributed by atoms with Crippen molar-refractivity contribution in [3.8, 4) is 0 Å². The largest absolute Gasteiger partial charge is 0.375 e. The molecule has 1 saturated heterocycles. The number of hydrogen-bond donors (Lipinski definition) is 2. The number of benzene rings is 2. The minimum absolute atomic E-state index is 0. The first kappa shape index (κ1) is 26.4. The van der Waals surface area contributed by atoms with Crippen LogP contribution in [0.25, 0.3) is 0 Å². The van der Waals surface area contributed by atoms with E-state index in [-0.39, 0.29) is 29.9 Å². The molecular weight excluding hydrogens is 539 g/mol. The molecule has 174 valence electrons. The van der Waals surface area contributed by atoms with Crippen LogP contribution in [0.2, 0.25) is 5.02 Å². The highest BCUT2D eigenvalue weighted by Gasteiger charge is 2.29. The van der Waals surface area contributed by atoms with Crippen molar-refractivity contribution in [3.63, 3.8) is 0 Å². The van der Waals surface area contributed by atoms with Gasteiger partial charge in [-0.3, -0.25) is 9.79 Å². The average Bonchev–Trinajstić information content (AvgIpc) is 3.14. The Morgan fingerprint density at radius 1 is 1.16 bits per heavy atom. The molecular formula is C24H32ClIN4O2. The number of carbonyl (C=O) groups excluding carboxylic acids is 1. The van der Waals surface area contributed by atoms with Crippen molar-refractivity contribution in [1.29, 1.82) is 0 Å². The van der Waals surface area contributed by atoms with Gasteiger partial charge >= 0.3 is 0 Å². The number of aliphatic imine (C=N–C) groups is 1. The van der Waals surface area contributed by atoms with E-state index < -0.39 is 0 Å². The Labute approximate surface area is 212 Å². The second kappa shape index (κ2) is 14.3. The van der Waals surface area contributed by atoms with Gasteiger partial charge in [-0.2, -0.15) is 0 Å². The lowest BCUT2D eigenvalue weighted by atomic mass is 10.1. The zero-order chi connectivity index (χ0) is 21.9. The van der Waals surface area contributed by atoms with Gasteiger partial charge in [-0.15, -0.1) is 24.0 Å². The van der Waals surface area contributed by atoms with Gasteiger partial charge in [0.25, 0.3) is 0 Å². The van der Waals surface area contributed by atoms with Gasteiger partial charge in [-0.1, -0.05) is 54.1 Å². The summed E-state index contributed by atoms with van der Waals surface area (Å²) < 4.78 is 5.68. The van der Waals surface area contributed by atoms with Crippen LogP contribution in [-0.2, 0) is 22.6 Å². The zero-order valence-electron chi connectivity index (χ0n) is 18.4. The number of nitrogens with zero attached hydrogens (tertiary/aromatic N) is 2. The lowest BCUT2D eigenvalue weighted by molar-refractivity contribution is -0.127. The summed E-state index contributed by atoms with van der Waals surface area (Å²) in [5, 5.41) is 7.29. The molecule has 2 aromatic rings. The molecule has 0 aliphatic carbocycles. The number of hydrogen-bond acceptors (Lipinski definition) is 3. The lowest BCUT2D eigenvalue weighted by Gasteiger charge is -2.18. The van der Waals surface area contributed by atoms with Gasteiger partial charge in [0.15, 0.2) is 5.96 Å². The molecule has 3 rings (SSSR count). The van der Waals surface area contributed by atoms with Crippen LogP contribution in [-0.4, -0.2) is 56.6 Å². The Balaban J connectivity index is 0.00000363. The van der Waals surface area contributed by atoms with Gasteiger partial charge in [0, 0.05) is 50.6 Å².